The van der Waals surface area contributed by atoms with Gasteiger partial charge in [-0.1, -0.05) is 84.9 Å². The molecule has 1 aromatic heterocycles. The van der Waals surface area contributed by atoms with E-state index < -0.39 is 26.7 Å². The second-order valence-corrected chi connectivity index (χ2v) is 15.2. The van der Waals surface area contributed by atoms with E-state index in [4.69, 9.17) is 9.47 Å². The number of nitrogens with zero attached hydrogens (tertiary/aromatic N) is 1. The van der Waals surface area contributed by atoms with Crippen molar-refractivity contribution in [3.63, 3.8) is 0 Å². The molecular formula is C37H36NNaO6S3. The fourth-order valence-electron chi connectivity index (χ4n) is 4.93. The molecule has 1 amide bonds. The number of aryl methyl sites for hydroxylation is 2. The molecule has 11 heteroatoms. The first-order valence-corrected chi connectivity index (χ1v) is 19.1. The van der Waals surface area contributed by atoms with Gasteiger partial charge >= 0.3 is 29.6 Å². The first-order chi connectivity index (χ1) is 22.9. The van der Waals surface area contributed by atoms with Gasteiger partial charge in [0.25, 0.3) is 0 Å². The van der Waals surface area contributed by atoms with Crippen LogP contribution in [0.3, 0.4) is 0 Å². The molecule has 7 nitrogen and oxygen atoms in total. The van der Waals surface area contributed by atoms with Crippen molar-refractivity contribution in [3.8, 4) is 22.6 Å². The molecular weight excluding hydrogens is 674 g/mol. The van der Waals surface area contributed by atoms with E-state index in [1.165, 1.54) is 11.6 Å². The molecule has 5 rings (SSSR count). The Morgan fingerprint density at radius 2 is 1.46 bits per heavy atom. The van der Waals surface area contributed by atoms with Gasteiger partial charge in [0.2, 0.25) is 0 Å². The van der Waals surface area contributed by atoms with Crippen LogP contribution in [-0.2, 0) is 44.2 Å². The van der Waals surface area contributed by atoms with Crippen molar-refractivity contribution in [1.82, 2.24) is 0 Å². The molecule has 0 aliphatic carbocycles. The molecule has 0 bridgehead atoms. The zero-order valence-corrected chi connectivity index (χ0v) is 31.3. The number of amides is 1. The van der Waals surface area contributed by atoms with Gasteiger partial charge in [-0.2, -0.15) is 0 Å². The molecule has 0 spiro atoms. The Hall–Kier alpha value is -3.25. The maximum absolute atomic E-state index is 12.6. The third-order valence-corrected chi connectivity index (χ3v) is 11.3. The average molecular weight is 710 g/mol. The standard InChI is InChI=1S/C37H37NO6S3.Na/c39-36(38-47(41,42)37-15-7-25-45-37)21-18-31-12-4-5-14-35(31)32-16-19-33(20-17-32)43-23-8-24-44-34-13-6-11-30(27-34)28-46(40)26-22-29-9-2-1-3-10-29;/h1-7,9-17,19-20,25,27H,8,18,21-24,26,28H2,(H,38,39);/q;+1/p-1. The topological polar surface area (TPSA) is 101 Å². The summed E-state index contributed by atoms with van der Waals surface area (Å²) >= 11 is 1.04. The number of hydrogen-bond donors (Lipinski definition) is 0. The van der Waals surface area contributed by atoms with E-state index >= 15 is 0 Å². The number of thiophene rings is 1. The summed E-state index contributed by atoms with van der Waals surface area (Å²) < 4.78 is 52.6. The summed E-state index contributed by atoms with van der Waals surface area (Å²) in [5, 5.41) is 1.64. The van der Waals surface area contributed by atoms with Crippen molar-refractivity contribution >= 4 is 38.1 Å². The van der Waals surface area contributed by atoms with Gasteiger partial charge in [0.15, 0.2) is 0 Å². The van der Waals surface area contributed by atoms with E-state index in [2.05, 4.69) is 16.9 Å². The maximum atomic E-state index is 12.6. The van der Waals surface area contributed by atoms with Gasteiger partial charge in [0, 0.05) is 28.7 Å². The Morgan fingerprint density at radius 3 is 2.21 bits per heavy atom. The Balaban J connectivity index is 0.00000520. The van der Waals surface area contributed by atoms with Crippen molar-refractivity contribution in [2.45, 2.75) is 35.6 Å². The van der Waals surface area contributed by atoms with Crippen LogP contribution in [0.1, 0.15) is 29.5 Å². The quantitative estimate of drug-likeness (QED) is 0.0998. The van der Waals surface area contributed by atoms with Crippen LogP contribution in [0.25, 0.3) is 15.8 Å². The van der Waals surface area contributed by atoms with Gasteiger partial charge in [-0.15, -0.1) is 11.3 Å². The van der Waals surface area contributed by atoms with Crippen LogP contribution in [0.15, 0.2) is 125 Å². The van der Waals surface area contributed by atoms with E-state index in [1.807, 2.05) is 91.0 Å². The second kappa shape index (κ2) is 19.1. The Bertz CT molecular complexity index is 1870. The van der Waals surface area contributed by atoms with Gasteiger partial charge < -0.3 is 19.0 Å². The summed E-state index contributed by atoms with van der Waals surface area (Å²) in [7, 11) is -4.92. The molecule has 4 aromatic carbocycles. The third-order valence-electron chi connectivity index (χ3n) is 7.28. The summed E-state index contributed by atoms with van der Waals surface area (Å²) in [6.45, 7) is 0.977. The van der Waals surface area contributed by atoms with Gasteiger partial charge in [-0.05, 0) is 82.8 Å². The minimum absolute atomic E-state index is 0. The van der Waals surface area contributed by atoms with Crippen LogP contribution in [-0.4, -0.2) is 37.5 Å². The molecule has 1 heterocycles. The van der Waals surface area contributed by atoms with Crippen molar-refractivity contribution < 1.29 is 56.5 Å². The Labute approximate surface area is 311 Å². The van der Waals surface area contributed by atoms with Gasteiger partial charge in [-0.25, -0.2) is 8.42 Å². The van der Waals surface area contributed by atoms with Crippen molar-refractivity contribution in [2.24, 2.45) is 0 Å². The molecule has 0 radical (unpaired) electrons. The molecule has 1 unspecified atom stereocenters. The molecule has 0 N–H and O–H groups in total. The molecule has 48 heavy (non-hydrogen) atoms. The van der Waals surface area contributed by atoms with Gasteiger partial charge in [0.1, 0.15) is 25.7 Å². The number of carbonyl (C=O) groups is 1. The Kier molecular flexibility index (Phi) is 14.9. The zero-order valence-electron chi connectivity index (χ0n) is 26.8. The van der Waals surface area contributed by atoms with E-state index in [0.29, 0.717) is 37.6 Å². The van der Waals surface area contributed by atoms with Crippen molar-refractivity contribution in [1.29, 1.82) is 0 Å². The van der Waals surface area contributed by atoms with Crippen LogP contribution < -0.4 is 39.0 Å². The molecule has 5 aromatic rings. The van der Waals surface area contributed by atoms with Gasteiger partial charge in [0.05, 0.1) is 19.1 Å². The van der Waals surface area contributed by atoms with Crippen LogP contribution in [0.5, 0.6) is 11.5 Å². The average Bonchev–Trinajstić information content (AvgIpc) is 3.64. The molecule has 244 valence electrons. The fraction of sp³-hybridized carbons (Fsp3) is 0.216. The smallest absolute Gasteiger partial charge is 0.541 e. The molecule has 0 saturated heterocycles. The van der Waals surface area contributed by atoms with E-state index in [1.54, 1.807) is 11.4 Å². The van der Waals surface area contributed by atoms with Crippen molar-refractivity contribution in [3.05, 3.63) is 142 Å². The van der Waals surface area contributed by atoms with Crippen molar-refractivity contribution in [2.75, 3.05) is 19.0 Å². The molecule has 0 saturated carbocycles. The summed E-state index contributed by atoms with van der Waals surface area (Å²) in [6.07, 6.45) is 1.85. The van der Waals surface area contributed by atoms with Crippen LogP contribution in [0.4, 0.5) is 0 Å². The van der Waals surface area contributed by atoms with Gasteiger partial charge in [-0.3, -0.25) is 4.21 Å². The number of hydrogen-bond acceptors (Lipinski definition) is 7. The number of ether oxygens (including phenoxy) is 2. The maximum Gasteiger partial charge on any atom is 1.00 e. The van der Waals surface area contributed by atoms with E-state index in [0.717, 1.165) is 51.5 Å². The molecule has 0 fully saturated rings. The SMILES string of the molecule is O=C(CCc1ccccc1-c1ccc(OCCCOc2cccc(CS(=O)CCc3ccccc3)c2)cc1)[N-]S(=O)(=O)c1cccs1.[Na+]. The number of rotatable bonds is 17. The predicted molar refractivity (Wildman–Crippen MR) is 189 cm³/mol. The van der Waals surface area contributed by atoms with Crippen LogP contribution >= 0.6 is 11.3 Å². The van der Waals surface area contributed by atoms with Crippen LogP contribution in [0, 0.1) is 0 Å². The predicted octanol–water partition coefficient (Wildman–Crippen LogP) is 4.98. The molecule has 0 aliphatic rings. The normalized spacial score (nSPS) is 11.7. The summed E-state index contributed by atoms with van der Waals surface area (Å²) in [4.78, 5) is 12.4. The number of benzene rings is 4. The monoisotopic (exact) mass is 709 g/mol. The third kappa shape index (κ3) is 11.7. The largest absolute Gasteiger partial charge is 1.00 e. The number of sulfonamides is 1. The fourth-order valence-corrected chi connectivity index (χ4v) is 8.00. The second-order valence-electron chi connectivity index (χ2n) is 10.8. The summed E-state index contributed by atoms with van der Waals surface area (Å²) in [6, 6.07) is 36.4. The number of carbonyl (C=O) groups excluding carboxylic acids is 1. The first-order valence-electron chi connectivity index (χ1n) is 15.3. The van der Waals surface area contributed by atoms with E-state index in [9.17, 15) is 17.4 Å². The summed E-state index contributed by atoms with van der Waals surface area (Å²) in [5.74, 6) is 1.95. The van der Waals surface area contributed by atoms with E-state index in [-0.39, 0.29) is 40.2 Å². The minimum atomic E-state index is -3.97. The molecule has 0 aliphatic heterocycles. The Morgan fingerprint density at radius 1 is 0.750 bits per heavy atom. The summed E-state index contributed by atoms with van der Waals surface area (Å²) in [5.41, 5.74) is 5.05. The first kappa shape index (κ1) is 37.6. The minimum Gasteiger partial charge on any atom is -0.541 e. The van der Waals surface area contributed by atoms with Crippen LogP contribution in [0.2, 0.25) is 0 Å². The molecule has 1 atom stereocenters. The zero-order chi connectivity index (χ0) is 32.9.